The molecule has 0 spiro atoms. The summed E-state index contributed by atoms with van der Waals surface area (Å²) in [6.45, 7) is 6.40. The number of aliphatic carboxylic acids is 1. The molecule has 1 aromatic heterocycles. The van der Waals surface area contributed by atoms with Gasteiger partial charge in [0.25, 0.3) is 5.69 Å². The quantitative estimate of drug-likeness (QED) is 0.628. The molecule has 0 saturated heterocycles. The molecule has 0 fully saturated rings. The van der Waals surface area contributed by atoms with Crippen molar-refractivity contribution in [2.45, 2.75) is 33.2 Å². The number of carboxylic acids is 1. The minimum atomic E-state index is -1.15. The Labute approximate surface area is 121 Å². The maximum absolute atomic E-state index is 11.3. The molecule has 21 heavy (non-hydrogen) atoms. The van der Waals surface area contributed by atoms with Crippen molar-refractivity contribution in [1.82, 2.24) is 4.98 Å². The Morgan fingerprint density at radius 3 is 2.48 bits per heavy atom. The van der Waals surface area contributed by atoms with Crippen molar-refractivity contribution in [3.8, 4) is 6.07 Å². The number of hydrogen-bond donors (Lipinski definition) is 2. The van der Waals surface area contributed by atoms with Gasteiger partial charge in [0.05, 0.1) is 10.3 Å². The number of nitro groups is 1. The summed E-state index contributed by atoms with van der Waals surface area (Å²) in [5, 5.41) is 31.9. The molecule has 0 saturated carbocycles. The Balaban J connectivity index is 3.22. The van der Waals surface area contributed by atoms with Gasteiger partial charge < -0.3 is 10.4 Å². The maximum Gasteiger partial charge on any atom is 0.311 e. The first-order chi connectivity index (χ1) is 9.52. The zero-order valence-electron chi connectivity index (χ0n) is 12.2. The number of nitriles is 1. The Morgan fingerprint density at radius 1 is 1.48 bits per heavy atom. The number of hydrogen-bond acceptors (Lipinski definition) is 6. The second-order valence-electron chi connectivity index (χ2n) is 5.64. The molecular formula is C13H16N4O4. The summed E-state index contributed by atoms with van der Waals surface area (Å²) in [5.74, 6) is -0.900. The average Bonchev–Trinajstić information content (AvgIpc) is 2.37. The van der Waals surface area contributed by atoms with Gasteiger partial charge in [-0.3, -0.25) is 14.9 Å². The summed E-state index contributed by atoms with van der Waals surface area (Å²) >= 11 is 0. The first-order valence-corrected chi connectivity index (χ1v) is 6.09. The van der Waals surface area contributed by atoms with Crippen LogP contribution in [0, 0.1) is 26.9 Å². The van der Waals surface area contributed by atoms with Gasteiger partial charge in [0.1, 0.15) is 23.6 Å². The molecule has 0 atom stereocenters. The average molecular weight is 292 g/mol. The summed E-state index contributed by atoms with van der Waals surface area (Å²) in [6, 6.07) is 2.91. The molecule has 8 heteroatoms. The predicted octanol–water partition coefficient (Wildman–Crippen LogP) is 2.16. The highest BCUT2D eigenvalue weighted by molar-refractivity contribution is 5.76. The van der Waals surface area contributed by atoms with E-state index in [4.69, 9.17) is 5.26 Å². The normalized spacial score (nSPS) is 11.6. The van der Waals surface area contributed by atoms with Gasteiger partial charge in [-0.05, 0) is 27.7 Å². The molecule has 1 rings (SSSR count). The van der Waals surface area contributed by atoms with E-state index in [1.54, 1.807) is 27.7 Å². The summed E-state index contributed by atoms with van der Waals surface area (Å²) in [5.41, 5.74) is -2.40. The van der Waals surface area contributed by atoms with Crippen LogP contribution in [-0.2, 0) is 4.79 Å². The van der Waals surface area contributed by atoms with Crippen LogP contribution >= 0.6 is 0 Å². The molecule has 112 valence electrons. The molecule has 0 aromatic carbocycles. The summed E-state index contributed by atoms with van der Waals surface area (Å²) in [6.07, 6.45) is 1.02. The lowest BCUT2D eigenvalue weighted by Crippen LogP contribution is -2.50. The second kappa shape index (κ2) is 5.36. The standard InChI is InChI=1S/C13H16N4O4/c1-12(2,11(18)19)13(3,4)16-10-8(6-14)5-9(7-15-10)17(20)21/h5,7H,1-4H3,(H,15,16)(H,18,19). The van der Waals surface area contributed by atoms with Crippen molar-refractivity contribution in [3.63, 3.8) is 0 Å². The fourth-order valence-electron chi connectivity index (χ4n) is 1.46. The topological polar surface area (TPSA) is 129 Å². The zero-order chi connectivity index (χ0) is 16.4. The van der Waals surface area contributed by atoms with Crippen molar-refractivity contribution in [3.05, 3.63) is 27.9 Å². The molecule has 1 heterocycles. The largest absolute Gasteiger partial charge is 0.481 e. The van der Waals surface area contributed by atoms with Gasteiger partial charge in [-0.15, -0.1) is 0 Å². The van der Waals surface area contributed by atoms with Gasteiger partial charge in [-0.1, -0.05) is 0 Å². The number of aromatic nitrogens is 1. The second-order valence-corrected chi connectivity index (χ2v) is 5.64. The van der Waals surface area contributed by atoms with Crippen LogP contribution < -0.4 is 5.32 Å². The van der Waals surface area contributed by atoms with E-state index in [2.05, 4.69) is 10.3 Å². The highest BCUT2D eigenvalue weighted by Gasteiger charge is 2.44. The fourth-order valence-corrected chi connectivity index (χ4v) is 1.46. The SMILES string of the molecule is CC(C)(Nc1ncc([N+](=O)[O-])cc1C#N)C(C)(C)C(=O)O. The van der Waals surface area contributed by atoms with Crippen LogP contribution in [0.15, 0.2) is 12.3 Å². The third-order valence-corrected chi connectivity index (χ3v) is 3.73. The van der Waals surface area contributed by atoms with Gasteiger partial charge in [-0.25, -0.2) is 4.98 Å². The number of carboxylic acid groups (broad SMARTS) is 1. The lowest BCUT2D eigenvalue weighted by molar-refractivity contribution is -0.385. The van der Waals surface area contributed by atoms with E-state index in [1.807, 2.05) is 6.07 Å². The van der Waals surface area contributed by atoms with Crippen LogP contribution in [0.1, 0.15) is 33.3 Å². The van der Waals surface area contributed by atoms with E-state index in [-0.39, 0.29) is 17.1 Å². The fraction of sp³-hybridized carbons (Fsp3) is 0.462. The number of pyridine rings is 1. The molecule has 0 radical (unpaired) electrons. The van der Waals surface area contributed by atoms with Crippen molar-refractivity contribution in [1.29, 1.82) is 5.26 Å². The first kappa shape index (κ1) is 16.4. The van der Waals surface area contributed by atoms with E-state index >= 15 is 0 Å². The molecule has 0 aliphatic carbocycles. The van der Waals surface area contributed by atoms with Gasteiger partial charge in [0, 0.05) is 11.6 Å². The first-order valence-electron chi connectivity index (χ1n) is 6.09. The monoisotopic (exact) mass is 292 g/mol. The Morgan fingerprint density at radius 2 is 2.05 bits per heavy atom. The number of rotatable bonds is 5. The van der Waals surface area contributed by atoms with Gasteiger partial charge in [-0.2, -0.15) is 5.26 Å². The highest BCUT2D eigenvalue weighted by Crippen LogP contribution is 2.34. The Kier molecular flexibility index (Phi) is 4.18. The molecule has 0 aliphatic heterocycles. The van der Waals surface area contributed by atoms with Crippen molar-refractivity contribution in [2.24, 2.45) is 5.41 Å². The molecule has 2 N–H and O–H groups in total. The van der Waals surface area contributed by atoms with Gasteiger partial charge >= 0.3 is 5.97 Å². The predicted molar refractivity (Wildman–Crippen MR) is 74.7 cm³/mol. The third kappa shape index (κ3) is 3.08. The Hall–Kier alpha value is -2.69. The van der Waals surface area contributed by atoms with Crippen LogP contribution in [0.25, 0.3) is 0 Å². The van der Waals surface area contributed by atoms with Crippen molar-refractivity contribution < 1.29 is 14.8 Å². The summed E-state index contributed by atoms with van der Waals surface area (Å²) in [7, 11) is 0. The smallest absolute Gasteiger partial charge is 0.311 e. The highest BCUT2D eigenvalue weighted by atomic mass is 16.6. The minimum absolute atomic E-state index is 0.0153. The van der Waals surface area contributed by atoms with Crippen LogP contribution in [-0.4, -0.2) is 26.5 Å². The minimum Gasteiger partial charge on any atom is -0.481 e. The van der Waals surface area contributed by atoms with Crippen LogP contribution in [0.2, 0.25) is 0 Å². The van der Waals surface area contributed by atoms with E-state index in [1.165, 1.54) is 0 Å². The van der Waals surface area contributed by atoms with Gasteiger partial charge in [0.15, 0.2) is 0 Å². The third-order valence-electron chi connectivity index (χ3n) is 3.73. The Bertz CT molecular complexity index is 632. The van der Waals surface area contributed by atoms with Crippen LogP contribution in [0.4, 0.5) is 11.5 Å². The van der Waals surface area contributed by atoms with Gasteiger partial charge in [0.2, 0.25) is 0 Å². The van der Waals surface area contributed by atoms with E-state index in [0.717, 1.165) is 12.3 Å². The number of carbonyl (C=O) groups is 1. The van der Waals surface area contributed by atoms with E-state index < -0.39 is 21.8 Å². The van der Waals surface area contributed by atoms with Crippen molar-refractivity contribution in [2.75, 3.05) is 5.32 Å². The molecule has 0 unspecified atom stereocenters. The zero-order valence-corrected chi connectivity index (χ0v) is 12.2. The number of nitrogens with one attached hydrogen (secondary N) is 1. The lowest BCUT2D eigenvalue weighted by Gasteiger charge is -2.39. The molecule has 0 amide bonds. The molecule has 0 aliphatic rings. The summed E-state index contributed by atoms with van der Waals surface area (Å²) in [4.78, 5) is 25.2. The van der Waals surface area contributed by atoms with E-state index in [9.17, 15) is 20.0 Å². The molecule has 8 nitrogen and oxygen atoms in total. The lowest BCUT2D eigenvalue weighted by atomic mass is 9.74. The molecular weight excluding hydrogens is 276 g/mol. The summed E-state index contributed by atoms with van der Waals surface area (Å²) < 4.78 is 0. The van der Waals surface area contributed by atoms with Crippen LogP contribution in [0.5, 0.6) is 0 Å². The number of anilines is 1. The molecule has 1 aromatic rings. The molecule has 0 bridgehead atoms. The van der Waals surface area contributed by atoms with Crippen molar-refractivity contribution >= 4 is 17.5 Å². The maximum atomic E-state index is 11.3. The van der Waals surface area contributed by atoms with E-state index in [0.29, 0.717) is 0 Å². The number of nitrogens with zero attached hydrogens (tertiary/aromatic N) is 3. The van der Waals surface area contributed by atoms with Crippen LogP contribution in [0.3, 0.4) is 0 Å².